The summed E-state index contributed by atoms with van der Waals surface area (Å²) in [7, 11) is -4.79. The minimum atomic E-state index is -2.40. The van der Waals surface area contributed by atoms with Crippen molar-refractivity contribution in [2.45, 2.75) is 9.79 Å². The van der Waals surface area contributed by atoms with Crippen molar-refractivity contribution in [2.75, 3.05) is 0 Å². The second kappa shape index (κ2) is 15.3. The maximum Gasteiger partial charge on any atom is 2.00 e. The van der Waals surface area contributed by atoms with Crippen LogP contribution in [0.5, 0.6) is 11.5 Å². The van der Waals surface area contributed by atoms with E-state index in [4.69, 9.17) is 9.47 Å². The Hall–Kier alpha value is -4.83. The number of ether oxygens (including phenoxy) is 2. The van der Waals surface area contributed by atoms with E-state index in [9.17, 15) is 26.4 Å². The van der Waals surface area contributed by atoms with Gasteiger partial charge >= 0.3 is 28.4 Å². The molecule has 0 unspecified atom stereocenters. The van der Waals surface area contributed by atoms with Crippen LogP contribution in [0.15, 0.2) is 143 Å². The molecule has 0 fully saturated rings. The number of rotatable bonds is 6. The Bertz CT molecular complexity index is 1970. The number of esters is 2. The predicted molar refractivity (Wildman–Crippen MR) is 165 cm³/mol. The fourth-order valence-corrected chi connectivity index (χ4v) is 5.18. The van der Waals surface area contributed by atoms with Gasteiger partial charge in [-0.15, -0.1) is 0 Å². The van der Waals surface area contributed by atoms with Crippen LogP contribution in [0.3, 0.4) is 0 Å². The SMILES string of the molecule is O=C(Oc1cc([S-](=O)=O)cc2ccccc12)c1ccccc1.O=C(Oc1cc([S-](=O)=O)cc2ccccc12)c1ccccc1.[Ni+2]. The van der Waals surface area contributed by atoms with Crippen LogP contribution in [0, 0.1) is 0 Å². The molecule has 0 aromatic heterocycles. The Balaban J connectivity index is 0.000000200. The van der Waals surface area contributed by atoms with Crippen LogP contribution < -0.4 is 9.47 Å². The molecule has 0 spiro atoms. The average Bonchev–Trinajstić information content (AvgIpc) is 3.05. The summed E-state index contributed by atoms with van der Waals surface area (Å²) >= 11 is 0. The summed E-state index contributed by atoms with van der Waals surface area (Å²) in [6.07, 6.45) is 0. The van der Waals surface area contributed by atoms with Gasteiger partial charge in [0.25, 0.3) is 0 Å². The molecule has 6 aromatic rings. The van der Waals surface area contributed by atoms with Gasteiger partial charge < -0.3 is 26.3 Å². The standard InChI is InChI=1S/2C17H11O4S.Ni/c2*18-17(12-6-2-1-3-7-12)21-16-11-14(22(19)20)10-13-8-4-5-9-15(13)16;/h2*1-11H;/q2*-1;+2. The molecule has 6 rings (SSSR count). The summed E-state index contributed by atoms with van der Waals surface area (Å²) in [6.45, 7) is 0. The van der Waals surface area contributed by atoms with Crippen LogP contribution in [-0.2, 0) is 54.7 Å². The number of carbonyl (C=O) groups excluding carboxylic acids is 2. The summed E-state index contributed by atoms with van der Waals surface area (Å²) in [5.41, 5.74) is 0.806. The fourth-order valence-electron chi connectivity index (χ4n) is 4.33. The molecule has 6 aromatic carbocycles. The van der Waals surface area contributed by atoms with Crippen LogP contribution >= 0.6 is 0 Å². The van der Waals surface area contributed by atoms with Gasteiger partial charge in [-0.25, -0.2) is 9.59 Å². The molecule has 8 nitrogen and oxygen atoms in total. The van der Waals surface area contributed by atoms with Crippen molar-refractivity contribution < 1.29 is 52.4 Å². The van der Waals surface area contributed by atoms with E-state index in [0.29, 0.717) is 32.7 Å². The maximum absolute atomic E-state index is 12.2. The number of carbonyl (C=O) groups is 2. The molecule has 0 heterocycles. The largest absolute Gasteiger partial charge is 2.00 e. The Labute approximate surface area is 272 Å². The minimum absolute atomic E-state index is 0. The summed E-state index contributed by atoms with van der Waals surface area (Å²) in [6, 6.07) is 37.2. The van der Waals surface area contributed by atoms with E-state index in [2.05, 4.69) is 0 Å². The first-order valence-electron chi connectivity index (χ1n) is 13.1. The molecule has 45 heavy (non-hydrogen) atoms. The monoisotopic (exact) mass is 680 g/mol. The zero-order valence-electron chi connectivity index (χ0n) is 23.1. The van der Waals surface area contributed by atoms with Crippen molar-refractivity contribution >= 4 is 54.9 Å². The first-order chi connectivity index (χ1) is 21.3. The zero-order chi connectivity index (χ0) is 31.1. The quantitative estimate of drug-likeness (QED) is 0.0770. The van der Waals surface area contributed by atoms with Gasteiger partial charge in [-0.3, -0.25) is 0 Å². The minimum Gasteiger partial charge on any atom is -0.422 e. The van der Waals surface area contributed by atoms with Gasteiger partial charge in [-0.1, -0.05) is 107 Å². The molecular weight excluding hydrogens is 659 g/mol. The molecule has 0 saturated heterocycles. The first-order valence-corrected chi connectivity index (χ1v) is 15.2. The summed E-state index contributed by atoms with van der Waals surface area (Å²) in [4.78, 5) is 24.5. The molecule has 0 saturated carbocycles. The van der Waals surface area contributed by atoms with Gasteiger partial charge in [-0.2, -0.15) is 0 Å². The van der Waals surface area contributed by atoms with Crippen LogP contribution in [0.4, 0.5) is 0 Å². The molecule has 228 valence electrons. The van der Waals surface area contributed by atoms with E-state index in [1.54, 1.807) is 109 Å². The van der Waals surface area contributed by atoms with Crippen molar-refractivity contribution in [2.24, 2.45) is 0 Å². The Morgan fingerprint density at radius 3 is 1.13 bits per heavy atom. The van der Waals surface area contributed by atoms with E-state index in [1.807, 2.05) is 0 Å². The van der Waals surface area contributed by atoms with Crippen LogP contribution in [-0.4, -0.2) is 11.9 Å². The first kappa shape index (κ1) is 33.1. The second-order valence-corrected chi connectivity index (χ2v) is 11.1. The number of benzene rings is 6. The molecule has 0 amide bonds. The van der Waals surface area contributed by atoms with E-state index in [0.717, 1.165) is 0 Å². The second-order valence-electron chi connectivity index (χ2n) is 9.27. The third kappa shape index (κ3) is 8.22. The molecular formula is C34H22NiO8S2. The Morgan fingerprint density at radius 1 is 0.444 bits per heavy atom. The number of fused-ring (bicyclic) bond motifs is 2. The van der Waals surface area contributed by atoms with Crippen molar-refractivity contribution in [1.29, 1.82) is 0 Å². The topological polar surface area (TPSA) is 121 Å². The van der Waals surface area contributed by atoms with E-state index >= 15 is 0 Å². The Kier molecular flexibility index (Phi) is 11.2. The van der Waals surface area contributed by atoms with Crippen molar-refractivity contribution in [3.8, 4) is 11.5 Å². The molecule has 0 N–H and O–H groups in total. The fraction of sp³-hybridized carbons (Fsp3) is 0. The van der Waals surface area contributed by atoms with Gasteiger partial charge in [0.05, 0.1) is 11.1 Å². The van der Waals surface area contributed by atoms with Gasteiger partial charge in [0, 0.05) is 10.8 Å². The summed E-state index contributed by atoms with van der Waals surface area (Å²) < 4.78 is 55.6. The third-order valence-corrected chi connectivity index (χ3v) is 7.65. The normalized spacial score (nSPS) is 10.5. The zero-order valence-corrected chi connectivity index (χ0v) is 25.7. The third-order valence-electron chi connectivity index (χ3n) is 6.40. The molecule has 11 heteroatoms. The molecule has 0 aliphatic heterocycles. The predicted octanol–water partition coefficient (Wildman–Crippen LogP) is 7.45. The van der Waals surface area contributed by atoms with E-state index in [1.165, 1.54) is 24.3 Å². The maximum atomic E-state index is 12.2. The van der Waals surface area contributed by atoms with Gasteiger partial charge in [0.1, 0.15) is 11.5 Å². The number of hydrogen-bond acceptors (Lipinski definition) is 10. The van der Waals surface area contributed by atoms with Crippen LogP contribution in [0.1, 0.15) is 20.7 Å². The van der Waals surface area contributed by atoms with Crippen LogP contribution in [0.25, 0.3) is 21.5 Å². The molecule has 0 atom stereocenters. The molecule has 0 aliphatic carbocycles. The van der Waals surface area contributed by atoms with Gasteiger partial charge in [0.2, 0.25) is 0 Å². The average molecular weight is 681 g/mol. The van der Waals surface area contributed by atoms with Crippen molar-refractivity contribution in [1.82, 2.24) is 0 Å². The van der Waals surface area contributed by atoms with Gasteiger partial charge in [-0.05, 0) is 68.6 Å². The molecule has 0 radical (unpaired) electrons. The molecule has 0 bridgehead atoms. The summed E-state index contributed by atoms with van der Waals surface area (Å²) in [5.74, 6) is -0.600. The van der Waals surface area contributed by atoms with E-state index < -0.39 is 33.3 Å². The van der Waals surface area contributed by atoms with Gasteiger partial charge in [0.15, 0.2) is 0 Å². The smallest absolute Gasteiger partial charge is 0.422 e. The summed E-state index contributed by atoms with van der Waals surface area (Å²) in [5, 5.41) is 2.75. The van der Waals surface area contributed by atoms with Crippen molar-refractivity contribution in [3.05, 3.63) is 145 Å². The van der Waals surface area contributed by atoms with E-state index in [-0.39, 0.29) is 37.8 Å². The number of hydrogen-bond donors (Lipinski definition) is 0. The van der Waals surface area contributed by atoms with Crippen LogP contribution in [0.2, 0.25) is 0 Å². The van der Waals surface area contributed by atoms with Crippen molar-refractivity contribution in [3.63, 3.8) is 0 Å². The Morgan fingerprint density at radius 2 is 0.778 bits per heavy atom. The molecule has 0 aliphatic rings.